The molecule has 3 rings (SSSR count). The van der Waals surface area contributed by atoms with E-state index >= 15 is 0 Å². The minimum atomic E-state index is -0.0809. The third kappa shape index (κ3) is 3.60. The van der Waals surface area contributed by atoms with Crippen molar-refractivity contribution in [2.45, 2.75) is 16.4 Å². The maximum absolute atomic E-state index is 12.0. The Morgan fingerprint density at radius 3 is 2.95 bits per heavy atom. The summed E-state index contributed by atoms with van der Waals surface area (Å²) >= 11 is 5.69. The van der Waals surface area contributed by atoms with E-state index in [1.54, 1.807) is 0 Å². The van der Waals surface area contributed by atoms with Crippen LogP contribution < -0.4 is 5.32 Å². The van der Waals surface area contributed by atoms with Crippen LogP contribution >= 0.6 is 46.4 Å². The molecule has 3 aromatic rings. The molecule has 0 fully saturated rings. The number of thioether (sulfide) groups is 2. The molecule has 0 aliphatic heterocycles. The first-order valence-electron chi connectivity index (χ1n) is 6.32. The number of aryl methyl sites for hydroxylation is 1. The van der Waals surface area contributed by atoms with E-state index < -0.39 is 0 Å². The van der Waals surface area contributed by atoms with Crippen molar-refractivity contribution in [2.24, 2.45) is 0 Å². The highest BCUT2D eigenvalue weighted by Gasteiger charge is 2.11. The van der Waals surface area contributed by atoms with Gasteiger partial charge in [-0.05, 0) is 36.3 Å². The van der Waals surface area contributed by atoms with Crippen molar-refractivity contribution in [1.29, 1.82) is 0 Å². The predicted octanol–water partition coefficient (Wildman–Crippen LogP) is 3.91. The van der Waals surface area contributed by atoms with Crippen molar-refractivity contribution in [1.82, 2.24) is 14.3 Å². The zero-order valence-electron chi connectivity index (χ0n) is 11.8. The van der Waals surface area contributed by atoms with Crippen LogP contribution in [0.1, 0.15) is 5.56 Å². The van der Waals surface area contributed by atoms with Gasteiger partial charge in [-0.3, -0.25) is 4.79 Å². The molecule has 0 bridgehead atoms. The Morgan fingerprint density at radius 1 is 1.36 bits per heavy atom. The van der Waals surface area contributed by atoms with E-state index in [4.69, 9.17) is 0 Å². The Kier molecular flexibility index (Phi) is 4.97. The van der Waals surface area contributed by atoms with Gasteiger partial charge in [0, 0.05) is 0 Å². The zero-order valence-corrected chi connectivity index (χ0v) is 15.1. The van der Waals surface area contributed by atoms with Gasteiger partial charge in [0.25, 0.3) is 0 Å². The maximum Gasteiger partial charge on any atom is 0.236 e. The summed E-state index contributed by atoms with van der Waals surface area (Å²) in [6.45, 7) is 2.02. The predicted molar refractivity (Wildman–Crippen MR) is 95.4 cm³/mol. The van der Waals surface area contributed by atoms with Crippen LogP contribution in [0.5, 0.6) is 0 Å². The lowest BCUT2D eigenvalue weighted by Crippen LogP contribution is -2.13. The number of hydrogen-bond donors (Lipinski definition) is 1. The van der Waals surface area contributed by atoms with Crippen LogP contribution in [0, 0.1) is 6.92 Å². The Bertz CT molecular complexity index is 813. The monoisotopic (exact) mass is 368 g/mol. The van der Waals surface area contributed by atoms with Crippen molar-refractivity contribution < 1.29 is 4.79 Å². The van der Waals surface area contributed by atoms with E-state index in [0.29, 0.717) is 10.9 Å². The molecule has 0 saturated heterocycles. The SMILES string of the molecule is CSc1nsc(SCC(=O)Nc2nc3c(C)cccc3s2)n1. The number of nitrogens with one attached hydrogen (secondary N) is 1. The first-order chi connectivity index (χ1) is 10.7. The van der Waals surface area contributed by atoms with Crippen LogP contribution in [0.15, 0.2) is 27.7 Å². The highest BCUT2D eigenvalue weighted by Crippen LogP contribution is 2.28. The summed E-state index contributed by atoms with van der Waals surface area (Å²) in [5, 5.41) is 4.23. The molecule has 114 valence electrons. The van der Waals surface area contributed by atoms with E-state index in [-0.39, 0.29) is 5.91 Å². The lowest BCUT2D eigenvalue weighted by atomic mass is 10.2. The topological polar surface area (TPSA) is 67.8 Å². The summed E-state index contributed by atoms with van der Waals surface area (Å²) in [5.41, 5.74) is 2.06. The third-order valence-electron chi connectivity index (χ3n) is 2.77. The molecule has 1 N–H and O–H groups in total. The molecular weight excluding hydrogens is 356 g/mol. The number of rotatable bonds is 5. The second kappa shape index (κ2) is 6.95. The molecule has 0 radical (unpaired) electrons. The van der Waals surface area contributed by atoms with Crippen LogP contribution in [-0.4, -0.2) is 32.3 Å². The van der Waals surface area contributed by atoms with Gasteiger partial charge in [0.1, 0.15) is 0 Å². The van der Waals surface area contributed by atoms with Gasteiger partial charge >= 0.3 is 0 Å². The molecule has 2 heterocycles. The molecule has 0 spiro atoms. The molecule has 0 saturated carbocycles. The number of para-hydroxylation sites is 1. The zero-order chi connectivity index (χ0) is 15.5. The van der Waals surface area contributed by atoms with Gasteiger partial charge in [-0.2, -0.15) is 4.37 Å². The van der Waals surface area contributed by atoms with Gasteiger partial charge in [0.05, 0.1) is 16.0 Å². The minimum Gasteiger partial charge on any atom is -0.301 e. The van der Waals surface area contributed by atoms with Crippen LogP contribution in [-0.2, 0) is 4.79 Å². The maximum atomic E-state index is 12.0. The average Bonchev–Trinajstić information content (AvgIpc) is 3.12. The second-order valence-corrected chi connectivity index (χ2v) is 8.10. The van der Waals surface area contributed by atoms with Crippen molar-refractivity contribution in [2.75, 3.05) is 17.3 Å². The summed E-state index contributed by atoms with van der Waals surface area (Å²) in [7, 11) is 0. The highest BCUT2D eigenvalue weighted by atomic mass is 32.2. The largest absolute Gasteiger partial charge is 0.301 e. The Labute approximate surface area is 144 Å². The smallest absolute Gasteiger partial charge is 0.236 e. The molecule has 1 amide bonds. The number of benzene rings is 1. The normalized spacial score (nSPS) is 11.0. The number of anilines is 1. The van der Waals surface area contributed by atoms with E-state index in [0.717, 1.165) is 25.3 Å². The van der Waals surface area contributed by atoms with E-state index in [1.165, 1.54) is 46.4 Å². The fourth-order valence-corrected chi connectivity index (χ4v) is 4.73. The minimum absolute atomic E-state index is 0.0809. The van der Waals surface area contributed by atoms with Gasteiger partial charge in [-0.15, -0.1) is 0 Å². The van der Waals surface area contributed by atoms with Crippen LogP contribution in [0.4, 0.5) is 5.13 Å². The third-order valence-corrected chi connectivity index (χ3v) is 6.20. The molecule has 0 atom stereocenters. The molecule has 2 aromatic heterocycles. The number of fused-ring (bicyclic) bond motifs is 1. The summed E-state index contributed by atoms with van der Waals surface area (Å²) in [6.07, 6.45) is 1.93. The molecule has 0 aliphatic rings. The lowest BCUT2D eigenvalue weighted by Gasteiger charge is -1.98. The highest BCUT2D eigenvalue weighted by molar-refractivity contribution is 8.01. The number of carbonyl (C=O) groups excluding carboxylic acids is 1. The number of aromatic nitrogens is 3. The number of carbonyl (C=O) groups is 1. The van der Waals surface area contributed by atoms with Gasteiger partial charge in [-0.25, -0.2) is 9.97 Å². The Morgan fingerprint density at radius 2 is 2.23 bits per heavy atom. The van der Waals surface area contributed by atoms with Crippen LogP contribution in [0.25, 0.3) is 10.2 Å². The molecule has 0 aliphatic carbocycles. The van der Waals surface area contributed by atoms with Gasteiger partial charge in [0.2, 0.25) is 11.1 Å². The van der Waals surface area contributed by atoms with Crippen molar-refractivity contribution in [3.05, 3.63) is 23.8 Å². The summed E-state index contributed by atoms with van der Waals surface area (Å²) in [4.78, 5) is 20.8. The van der Waals surface area contributed by atoms with Crippen molar-refractivity contribution in [3.8, 4) is 0 Å². The first-order valence-corrected chi connectivity index (χ1v) is 10.1. The molecular formula is C13H12N4OS4. The lowest BCUT2D eigenvalue weighted by molar-refractivity contribution is -0.113. The van der Waals surface area contributed by atoms with Crippen LogP contribution in [0.3, 0.4) is 0 Å². The number of thiazole rings is 1. The van der Waals surface area contributed by atoms with E-state index in [9.17, 15) is 4.79 Å². The standard InChI is InChI=1S/C13H12N4OS4/c1-7-4-3-5-8-10(7)15-11(21-8)14-9(18)6-20-13-16-12(19-2)17-22-13/h3-5H,6H2,1-2H3,(H,14,15,18). The van der Waals surface area contributed by atoms with Crippen molar-refractivity contribution >= 4 is 67.6 Å². The first kappa shape index (κ1) is 15.7. The van der Waals surface area contributed by atoms with Gasteiger partial charge in [0.15, 0.2) is 9.47 Å². The Hall–Kier alpha value is -1.16. The summed E-state index contributed by atoms with van der Waals surface area (Å²) in [5.74, 6) is 0.223. The average molecular weight is 369 g/mol. The summed E-state index contributed by atoms with van der Waals surface area (Å²) < 4.78 is 6.05. The number of hydrogen-bond acceptors (Lipinski definition) is 8. The van der Waals surface area contributed by atoms with Crippen LogP contribution in [0.2, 0.25) is 0 Å². The van der Waals surface area contributed by atoms with E-state index in [2.05, 4.69) is 19.7 Å². The van der Waals surface area contributed by atoms with Crippen molar-refractivity contribution in [3.63, 3.8) is 0 Å². The molecule has 9 heteroatoms. The fraction of sp³-hybridized carbons (Fsp3) is 0.231. The quantitative estimate of drug-likeness (QED) is 0.689. The molecule has 5 nitrogen and oxygen atoms in total. The second-order valence-electron chi connectivity index (χ2n) is 4.32. The molecule has 22 heavy (non-hydrogen) atoms. The fourth-order valence-electron chi connectivity index (χ4n) is 1.76. The van der Waals surface area contributed by atoms with E-state index in [1.807, 2.05) is 31.4 Å². The summed E-state index contributed by atoms with van der Waals surface area (Å²) in [6, 6.07) is 6.02. The van der Waals surface area contributed by atoms with Gasteiger partial charge in [-0.1, -0.05) is 47.0 Å². The number of nitrogens with zero attached hydrogens (tertiary/aromatic N) is 3. The molecule has 1 aromatic carbocycles. The Balaban J connectivity index is 1.61. The van der Waals surface area contributed by atoms with Gasteiger partial charge < -0.3 is 5.32 Å². The molecule has 0 unspecified atom stereocenters. The number of amides is 1.